The maximum absolute atomic E-state index is 12.5. The summed E-state index contributed by atoms with van der Waals surface area (Å²) in [5.41, 5.74) is 1.43. The van der Waals surface area contributed by atoms with Crippen LogP contribution < -0.4 is 14.2 Å². The summed E-state index contributed by atoms with van der Waals surface area (Å²) < 4.78 is 37.6. The molecule has 7 nitrogen and oxygen atoms in total. The van der Waals surface area contributed by atoms with Crippen molar-refractivity contribution in [3.63, 3.8) is 0 Å². The molecule has 0 aliphatic rings. The number of hydrogen-bond donors (Lipinski definition) is 2. The number of anilines is 1. The van der Waals surface area contributed by atoms with E-state index in [1.807, 2.05) is 18.2 Å². The van der Waals surface area contributed by atoms with Gasteiger partial charge in [0.15, 0.2) is 11.5 Å². The molecule has 0 aliphatic heterocycles. The number of aromatic nitrogens is 2. The van der Waals surface area contributed by atoms with Crippen LogP contribution in [0.5, 0.6) is 11.5 Å². The average Bonchev–Trinajstić information content (AvgIpc) is 2.95. The molecule has 3 rings (SSSR count). The summed E-state index contributed by atoms with van der Waals surface area (Å²) in [6.45, 7) is 0. The van der Waals surface area contributed by atoms with Gasteiger partial charge >= 0.3 is 0 Å². The van der Waals surface area contributed by atoms with E-state index < -0.39 is 10.0 Å². The molecule has 1 aromatic heterocycles. The van der Waals surface area contributed by atoms with Gasteiger partial charge in [-0.25, -0.2) is 18.1 Å². The monoisotopic (exact) mass is 333 g/mol. The molecule has 0 atom stereocenters. The molecule has 3 aromatic rings. The highest BCUT2D eigenvalue weighted by Crippen LogP contribution is 2.30. The van der Waals surface area contributed by atoms with Gasteiger partial charge in [-0.05, 0) is 24.3 Å². The first-order valence-electron chi connectivity index (χ1n) is 6.73. The zero-order chi connectivity index (χ0) is 16.4. The zero-order valence-electron chi connectivity index (χ0n) is 12.5. The smallest absolute Gasteiger partial charge is 0.264 e. The number of ether oxygens (including phenoxy) is 2. The molecular weight excluding hydrogens is 318 g/mol. The number of benzene rings is 2. The Bertz CT molecular complexity index is 917. The predicted molar refractivity (Wildman–Crippen MR) is 86.4 cm³/mol. The molecule has 0 saturated heterocycles. The van der Waals surface area contributed by atoms with E-state index in [-0.39, 0.29) is 10.8 Å². The van der Waals surface area contributed by atoms with Gasteiger partial charge in [0.25, 0.3) is 10.0 Å². The van der Waals surface area contributed by atoms with Gasteiger partial charge in [0.1, 0.15) is 0 Å². The lowest BCUT2D eigenvalue weighted by atomic mass is 10.3. The first kappa shape index (κ1) is 15.2. The molecule has 0 saturated carbocycles. The van der Waals surface area contributed by atoms with Crippen LogP contribution in [-0.4, -0.2) is 32.6 Å². The molecule has 2 N–H and O–H groups in total. The Morgan fingerprint density at radius 3 is 2.48 bits per heavy atom. The van der Waals surface area contributed by atoms with Crippen LogP contribution in [0.15, 0.2) is 47.4 Å². The number of sulfonamides is 1. The van der Waals surface area contributed by atoms with Gasteiger partial charge in [0.05, 0.1) is 30.1 Å². The maximum atomic E-state index is 12.5. The van der Waals surface area contributed by atoms with E-state index in [1.54, 1.807) is 6.07 Å². The number of fused-ring (bicyclic) bond motifs is 1. The Balaban J connectivity index is 1.95. The average molecular weight is 333 g/mol. The molecule has 0 spiro atoms. The minimum absolute atomic E-state index is 0.0515. The van der Waals surface area contributed by atoms with Crippen LogP contribution in [0.4, 0.5) is 5.95 Å². The van der Waals surface area contributed by atoms with E-state index in [2.05, 4.69) is 14.7 Å². The molecule has 0 radical (unpaired) electrons. The Kier molecular flexibility index (Phi) is 3.83. The molecular formula is C15H15N3O4S. The molecule has 8 heteroatoms. The number of imidazole rings is 1. The lowest BCUT2D eigenvalue weighted by Crippen LogP contribution is -2.14. The van der Waals surface area contributed by atoms with Gasteiger partial charge in [-0.1, -0.05) is 12.1 Å². The van der Waals surface area contributed by atoms with Crippen molar-refractivity contribution in [3.05, 3.63) is 42.5 Å². The number of H-pyrrole nitrogens is 1. The first-order valence-corrected chi connectivity index (χ1v) is 8.21. The van der Waals surface area contributed by atoms with E-state index in [4.69, 9.17) is 9.47 Å². The van der Waals surface area contributed by atoms with Gasteiger partial charge in [-0.15, -0.1) is 0 Å². The third-order valence-corrected chi connectivity index (χ3v) is 4.62. The number of hydrogen-bond acceptors (Lipinski definition) is 5. The number of methoxy groups -OCH3 is 2. The summed E-state index contributed by atoms with van der Waals surface area (Å²) in [6.07, 6.45) is 0. The van der Waals surface area contributed by atoms with Crippen molar-refractivity contribution in [2.75, 3.05) is 18.9 Å². The fourth-order valence-corrected chi connectivity index (χ4v) is 3.15. The summed E-state index contributed by atoms with van der Waals surface area (Å²) in [5.74, 6) is 0.941. The maximum Gasteiger partial charge on any atom is 0.264 e. The Labute approximate surface area is 133 Å². The zero-order valence-corrected chi connectivity index (χ0v) is 13.3. The highest BCUT2D eigenvalue weighted by atomic mass is 32.2. The minimum atomic E-state index is -3.80. The molecule has 0 bridgehead atoms. The first-order chi connectivity index (χ1) is 11.0. The van der Waals surface area contributed by atoms with Crippen molar-refractivity contribution in [1.82, 2.24) is 9.97 Å². The number of rotatable bonds is 5. The second-order valence-electron chi connectivity index (χ2n) is 4.72. The molecule has 2 aromatic carbocycles. The van der Waals surface area contributed by atoms with Crippen molar-refractivity contribution < 1.29 is 17.9 Å². The van der Waals surface area contributed by atoms with Crippen LogP contribution in [0.3, 0.4) is 0 Å². The van der Waals surface area contributed by atoms with Crippen LogP contribution in [0, 0.1) is 0 Å². The van der Waals surface area contributed by atoms with Crippen LogP contribution in [0.2, 0.25) is 0 Å². The Hall–Kier alpha value is -2.74. The van der Waals surface area contributed by atoms with Crippen molar-refractivity contribution in [2.24, 2.45) is 0 Å². The van der Waals surface area contributed by atoms with Crippen molar-refractivity contribution in [1.29, 1.82) is 0 Å². The fourth-order valence-electron chi connectivity index (χ4n) is 2.17. The highest BCUT2D eigenvalue weighted by molar-refractivity contribution is 7.92. The lowest BCUT2D eigenvalue weighted by molar-refractivity contribution is 0.354. The van der Waals surface area contributed by atoms with Gasteiger partial charge in [0, 0.05) is 6.07 Å². The van der Waals surface area contributed by atoms with Crippen LogP contribution in [0.25, 0.3) is 11.0 Å². The third kappa shape index (κ3) is 2.93. The number of nitrogens with one attached hydrogen (secondary N) is 2. The van der Waals surface area contributed by atoms with Crippen LogP contribution >= 0.6 is 0 Å². The Morgan fingerprint density at radius 1 is 1.04 bits per heavy atom. The SMILES string of the molecule is COc1ccc(S(=O)(=O)Nc2nc3ccccc3[nH]2)cc1OC. The second kappa shape index (κ2) is 5.81. The predicted octanol–water partition coefficient (Wildman–Crippen LogP) is 2.38. The quantitative estimate of drug-likeness (QED) is 0.748. The standard InChI is InChI=1S/C15H15N3O4S/c1-21-13-8-7-10(9-14(13)22-2)23(19,20)18-15-16-11-5-3-4-6-12(11)17-15/h3-9H,1-2H3,(H2,16,17,18). The highest BCUT2D eigenvalue weighted by Gasteiger charge is 2.18. The van der Waals surface area contributed by atoms with Crippen LogP contribution in [0.1, 0.15) is 0 Å². The van der Waals surface area contributed by atoms with Gasteiger partial charge in [-0.2, -0.15) is 0 Å². The van der Waals surface area contributed by atoms with Crippen LogP contribution in [-0.2, 0) is 10.0 Å². The van der Waals surface area contributed by atoms with Crippen molar-refractivity contribution >= 4 is 27.0 Å². The third-order valence-electron chi connectivity index (χ3n) is 3.29. The summed E-state index contributed by atoms with van der Waals surface area (Å²) >= 11 is 0. The molecule has 0 fully saturated rings. The van der Waals surface area contributed by atoms with Gasteiger partial charge < -0.3 is 14.5 Å². The van der Waals surface area contributed by atoms with E-state index in [1.165, 1.54) is 32.4 Å². The van der Waals surface area contributed by atoms with Crippen molar-refractivity contribution in [3.8, 4) is 11.5 Å². The lowest BCUT2D eigenvalue weighted by Gasteiger charge is -2.10. The second-order valence-corrected chi connectivity index (χ2v) is 6.41. The summed E-state index contributed by atoms with van der Waals surface area (Å²) in [5, 5.41) is 0. The van der Waals surface area contributed by atoms with Gasteiger partial charge in [-0.3, -0.25) is 0 Å². The topological polar surface area (TPSA) is 93.3 Å². The Morgan fingerprint density at radius 2 is 1.78 bits per heavy atom. The van der Waals surface area contributed by atoms with E-state index in [0.29, 0.717) is 17.0 Å². The molecule has 23 heavy (non-hydrogen) atoms. The normalized spacial score (nSPS) is 11.4. The fraction of sp³-hybridized carbons (Fsp3) is 0.133. The minimum Gasteiger partial charge on any atom is -0.493 e. The summed E-state index contributed by atoms with van der Waals surface area (Å²) in [6, 6.07) is 11.6. The number of nitrogens with zero attached hydrogens (tertiary/aromatic N) is 1. The molecule has 0 aliphatic carbocycles. The van der Waals surface area contributed by atoms with E-state index >= 15 is 0 Å². The molecule has 0 unspecified atom stereocenters. The molecule has 1 heterocycles. The summed E-state index contributed by atoms with van der Waals surface area (Å²) in [4.78, 5) is 7.16. The van der Waals surface area contributed by atoms with Crippen molar-refractivity contribution in [2.45, 2.75) is 4.90 Å². The largest absolute Gasteiger partial charge is 0.493 e. The number of aromatic amines is 1. The molecule has 120 valence electrons. The molecule has 0 amide bonds. The van der Waals surface area contributed by atoms with E-state index in [9.17, 15) is 8.42 Å². The summed E-state index contributed by atoms with van der Waals surface area (Å²) in [7, 11) is -0.868. The van der Waals surface area contributed by atoms with E-state index in [0.717, 1.165) is 5.52 Å². The number of para-hydroxylation sites is 2. The van der Waals surface area contributed by atoms with Gasteiger partial charge in [0.2, 0.25) is 5.95 Å².